The molecule has 8 heteroatoms. The van der Waals surface area contributed by atoms with Crippen molar-refractivity contribution >= 4 is 44.7 Å². The normalized spacial score (nSPS) is 13.3. The number of fused-ring (bicyclic) bond motifs is 2. The maximum Gasteiger partial charge on any atom is 0.332 e. The van der Waals surface area contributed by atoms with Crippen LogP contribution in [0, 0.1) is 0 Å². The molecule has 162 valence electrons. The Morgan fingerprint density at radius 1 is 1.00 bits per heavy atom. The van der Waals surface area contributed by atoms with Crippen molar-refractivity contribution in [2.75, 3.05) is 11.4 Å². The number of thiophene rings is 1. The Balaban J connectivity index is 1.57. The number of hydrogen-bond donors (Lipinski definition) is 0. The van der Waals surface area contributed by atoms with Gasteiger partial charge in [-0.15, -0.1) is 11.3 Å². The Labute approximate surface area is 192 Å². The third kappa shape index (κ3) is 3.57. The molecule has 1 aliphatic heterocycles. The van der Waals surface area contributed by atoms with Gasteiger partial charge in [-0.05, 0) is 47.5 Å². The van der Waals surface area contributed by atoms with Crippen molar-refractivity contribution in [1.29, 1.82) is 0 Å². The minimum absolute atomic E-state index is 0.0475. The molecule has 4 aromatic rings. The van der Waals surface area contributed by atoms with Crippen molar-refractivity contribution in [3.63, 3.8) is 0 Å². The monoisotopic (exact) mass is 465 g/mol. The minimum Gasteiger partial charge on any atom is -0.311 e. The van der Waals surface area contributed by atoms with E-state index in [0.717, 1.165) is 28.7 Å². The van der Waals surface area contributed by atoms with Gasteiger partial charge in [0.05, 0.1) is 12.1 Å². The molecule has 0 atom stereocenters. The Morgan fingerprint density at radius 2 is 1.78 bits per heavy atom. The number of aromatic nitrogens is 2. The second-order valence-corrected chi connectivity index (χ2v) is 9.09. The van der Waals surface area contributed by atoms with Gasteiger partial charge < -0.3 is 4.90 Å². The van der Waals surface area contributed by atoms with E-state index in [1.807, 2.05) is 30.3 Å². The molecule has 0 spiro atoms. The van der Waals surface area contributed by atoms with Gasteiger partial charge in [0.1, 0.15) is 11.2 Å². The summed E-state index contributed by atoms with van der Waals surface area (Å²) in [5, 5.41) is 2.25. The summed E-state index contributed by atoms with van der Waals surface area (Å²) >= 11 is 7.53. The summed E-state index contributed by atoms with van der Waals surface area (Å²) in [7, 11) is 0. The fourth-order valence-electron chi connectivity index (χ4n) is 4.24. The van der Waals surface area contributed by atoms with Crippen molar-refractivity contribution in [1.82, 2.24) is 9.13 Å². The van der Waals surface area contributed by atoms with Gasteiger partial charge in [-0.3, -0.25) is 18.7 Å². The molecular weight excluding hydrogens is 446 g/mol. The number of carbonyl (C=O) groups excluding carboxylic acids is 1. The van der Waals surface area contributed by atoms with Crippen molar-refractivity contribution in [2.24, 2.45) is 0 Å². The molecule has 0 fully saturated rings. The average molecular weight is 466 g/mol. The maximum absolute atomic E-state index is 13.4. The second-order valence-electron chi connectivity index (χ2n) is 7.76. The number of para-hydroxylation sites is 1. The molecule has 6 nitrogen and oxygen atoms in total. The molecule has 0 radical (unpaired) electrons. The number of anilines is 1. The van der Waals surface area contributed by atoms with Crippen molar-refractivity contribution in [2.45, 2.75) is 25.9 Å². The molecule has 0 saturated heterocycles. The lowest BCUT2D eigenvalue weighted by Gasteiger charge is -2.29. The molecule has 0 unspecified atom stereocenters. The maximum atomic E-state index is 13.4. The van der Waals surface area contributed by atoms with Crippen LogP contribution in [0.3, 0.4) is 0 Å². The lowest BCUT2D eigenvalue weighted by atomic mass is 10.0. The van der Waals surface area contributed by atoms with Crippen molar-refractivity contribution in [3.8, 4) is 0 Å². The van der Waals surface area contributed by atoms with Crippen LogP contribution in [0.25, 0.3) is 10.2 Å². The number of amides is 1. The minimum atomic E-state index is -0.514. The first-order valence-corrected chi connectivity index (χ1v) is 11.6. The van der Waals surface area contributed by atoms with E-state index in [-0.39, 0.29) is 24.6 Å². The van der Waals surface area contributed by atoms with Gasteiger partial charge >= 0.3 is 5.69 Å². The van der Waals surface area contributed by atoms with Gasteiger partial charge in [0.2, 0.25) is 5.91 Å². The highest BCUT2D eigenvalue weighted by molar-refractivity contribution is 7.17. The first kappa shape index (κ1) is 20.7. The molecular formula is C24H20ClN3O3S. The fourth-order valence-corrected chi connectivity index (χ4v) is 5.27. The fraction of sp³-hybridized carbons (Fsp3) is 0.208. The lowest BCUT2D eigenvalue weighted by Crippen LogP contribution is -2.44. The van der Waals surface area contributed by atoms with E-state index >= 15 is 0 Å². The Hall–Kier alpha value is -3.16. The number of benzene rings is 2. The predicted octanol–water partition coefficient (Wildman–Crippen LogP) is 3.91. The van der Waals surface area contributed by atoms with Crippen LogP contribution in [0.5, 0.6) is 0 Å². The highest BCUT2D eigenvalue weighted by Crippen LogP contribution is 2.27. The summed E-state index contributed by atoms with van der Waals surface area (Å²) in [6.45, 7) is 0.520. The molecule has 1 aliphatic rings. The standard InChI is InChI=1S/C24H20ClN3O3S/c25-18-9-3-1-7-17(18)14-28-23(30)22-20(11-13-32-22)27(24(28)31)15-21(29)26-12-5-8-16-6-2-4-10-19(16)26/h1-4,6-7,9-11,13H,5,8,12,14-15H2. The van der Waals surface area contributed by atoms with E-state index in [9.17, 15) is 14.4 Å². The van der Waals surface area contributed by atoms with Gasteiger partial charge in [-0.25, -0.2) is 4.79 Å². The number of nitrogens with zero attached hydrogens (tertiary/aromatic N) is 3. The molecule has 0 N–H and O–H groups in total. The van der Waals surface area contributed by atoms with Crippen LogP contribution in [0.1, 0.15) is 17.5 Å². The number of hydrogen-bond acceptors (Lipinski definition) is 4. The van der Waals surface area contributed by atoms with E-state index in [1.165, 1.54) is 15.9 Å². The van der Waals surface area contributed by atoms with Crippen LogP contribution in [0.4, 0.5) is 5.69 Å². The third-order valence-corrected chi connectivity index (χ3v) is 7.09. The zero-order chi connectivity index (χ0) is 22.2. The number of aryl methyl sites for hydroxylation is 1. The summed E-state index contributed by atoms with van der Waals surface area (Å²) < 4.78 is 3.02. The molecule has 0 saturated carbocycles. The van der Waals surface area contributed by atoms with E-state index in [1.54, 1.807) is 34.5 Å². The summed E-state index contributed by atoms with van der Waals surface area (Å²) in [5.41, 5.74) is 2.30. The zero-order valence-corrected chi connectivity index (χ0v) is 18.7. The average Bonchev–Trinajstić information content (AvgIpc) is 3.30. The zero-order valence-electron chi connectivity index (χ0n) is 17.2. The predicted molar refractivity (Wildman–Crippen MR) is 128 cm³/mol. The molecule has 0 bridgehead atoms. The van der Waals surface area contributed by atoms with Crippen molar-refractivity contribution < 1.29 is 4.79 Å². The summed E-state index contributed by atoms with van der Waals surface area (Å²) in [6.07, 6.45) is 1.80. The van der Waals surface area contributed by atoms with Crippen LogP contribution in [-0.2, 0) is 24.3 Å². The van der Waals surface area contributed by atoms with Gasteiger partial charge in [0, 0.05) is 17.3 Å². The summed E-state index contributed by atoms with van der Waals surface area (Å²) in [6, 6.07) is 16.7. The Kier molecular flexibility index (Phi) is 5.45. The summed E-state index contributed by atoms with van der Waals surface area (Å²) in [5.74, 6) is -0.172. The van der Waals surface area contributed by atoms with Gasteiger partial charge in [-0.1, -0.05) is 48.0 Å². The van der Waals surface area contributed by atoms with Gasteiger partial charge in [-0.2, -0.15) is 0 Å². The molecule has 5 rings (SSSR count). The second kappa shape index (κ2) is 8.41. The number of halogens is 1. The largest absolute Gasteiger partial charge is 0.332 e. The lowest BCUT2D eigenvalue weighted by molar-refractivity contribution is -0.119. The van der Waals surface area contributed by atoms with Crippen LogP contribution < -0.4 is 16.1 Å². The van der Waals surface area contributed by atoms with E-state index in [4.69, 9.17) is 11.6 Å². The molecule has 1 amide bonds. The molecule has 0 aliphatic carbocycles. The molecule has 32 heavy (non-hydrogen) atoms. The highest BCUT2D eigenvalue weighted by atomic mass is 35.5. The highest BCUT2D eigenvalue weighted by Gasteiger charge is 2.24. The first-order valence-electron chi connectivity index (χ1n) is 10.4. The summed E-state index contributed by atoms with van der Waals surface area (Å²) in [4.78, 5) is 41.5. The molecule has 2 aromatic heterocycles. The smallest absolute Gasteiger partial charge is 0.311 e. The molecule has 2 aromatic carbocycles. The quantitative estimate of drug-likeness (QED) is 0.459. The van der Waals surface area contributed by atoms with Gasteiger partial charge in [0.25, 0.3) is 5.56 Å². The van der Waals surface area contributed by atoms with E-state index in [2.05, 4.69) is 0 Å². The van der Waals surface area contributed by atoms with E-state index < -0.39 is 5.69 Å². The van der Waals surface area contributed by atoms with Crippen molar-refractivity contribution in [3.05, 3.63) is 97.0 Å². The Morgan fingerprint density at radius 3 is 2.62 bits per heavy atom. The van der Waals surface area contributed by atoms with E-state index in [0.29, 0.717) is 27.3 Å². The van der Waals surface area contributed by atoms with Crippen LogP contribution in [0.2, 0.25) is 5.02 Å². The third-order valence-electron chi connectivity index (χ3n) is 5.83. The Bertz CT molecular complexity index is 1450. The molecule has 3 heterocycles. The number of carbonyl (C=O) groups is 1. The van der Waals surface area contributed by atoms with Gasteiger partial charge in [0.15, 0.2) is 0 Å². The first-order chi connectivity index (χ1) is 15.5. The van der Waals surface area contributed by atoms with Crippen LogP contribution in [-0.4, -0.2) is 21.6 Å². The SMILES string of the molecule is O=C(Cn1c(=O)n(Cc2ccccc2Cl)c(=O)c2sccc21)N1CCCc2ccccc21. The van der Waals surface area contributed by atoms with Crippen LogP contribution >= 0.6 is 22.9 Å². The van der Waals surface area contributed by atoms with Crippen LogP contribution in [0.15, 0.2) is 69.6 Å². The topological polar surface area (TPSA) is 64.3 Å². The number of rotatable bonds is 4.